The Balaban J connectivity index is 0.00000264. The largest absolute Gasteiger partial charge is 0.484 e. The molecule has 1 aliphatic heterocycles. The first-order valence-electron chi connectivity index (χ1n) is 7.21. The summed E-state index contributed by atoms with van der Waals surface area (Å²) in [5.41, 5.74) is 0.812. The summed E-state index contributed by atoms with van der Waals surface area (Å²) in [5.74, 6) is 0.124. The molecule has 2 N–H and O–H groups in total. The van der Waals surface area contributed by atoms with Gasteiger partial charge in [0.05, 0.1) is 0 Å². The molecule has 4 nitrogen and oxygen atoms in total. The van der Waals surface area contributed by atoms with Crippen LogP contribution in [0.2, 0.25) is 0 Å². The standard InChI is InChI=1S/C15H19F3N2O2.ClH/c16-15(17,18)10-22-13-5-3-11(4-6-13)9-20-14(21)8-12-2-1-7-19-12;/h3-6,12,19H,1-2,7-10H2,(H,20,21);1H. The fourth-order valence-corrected chi connectivity index (χ4v) is 2.30. The van der Waals surface area contributed by atoms with Gasteiger partial charge in [-0.3, -0.25) is 4.79 Å². The first kappa shape index (κ1) is 19.6. The quantitative estimate of drug-likeness (QED) is 0.827. The molecule has 130 valence electrons. The molecule has 0 aliphatic carbocycles. The molecule has 1 atom stereocenters. The van der Waals surface area contributed by atoms with E-state index in [9.17, 15) is 18.0 Å². The van der Waals surface area contributed by atoms with Crippen LogP contribution in [0.15, 0.2) is 24.3 Å². The maximum Gasteiger partial charge on any atom is 0.422 e. The van der Waals surface area contributed by atoms with Crippen LogP contribution in [0.25, 0.3) is 0 Å². The van der Waals surface area contributed by atoms with E-state index in [0.29, 0.717) is 13.0 Å². The fourth-order valence-electron chi connectivity index (χ4n) is 2.30. The van der Waals surface area contributed by atoms with E-state index in [1.807, 2.05) is 0 Å². The zero-order chi connectivity index (χ0) is 16.0. The highest BCUT2D eigenvalue weighted by molar-refractivity contribution is 5.85. The lowest BCUT2D eigenvalue weighted by atomic mass is 10.1. The Hall–Kier alpha value is -1.47. The van der Waals surface area contributed by atoms with Gasteiger partial charge < -0.3 is 15.4 Å². The van der Waals surface area contributed by atoms with E-state index < -0.39 is 12.8 Å². The highest BCUT2D eigenvalue weighted by Gasteiger charge is 2.28. The SMILES string of the molecule is Cl.O=C(CC1CCCN1)NCc1ccc(OCC(F)(F)F)cc1. The van der Waals surface area contributed by atoms with E-state index in [2.05, 4.69) is 15.4 Å². The maximum absolute atomic E-state index is 12.0. The van der Waals surface area contributed by atoms with Gasteiger partial charge in [0.15, 0.2) is 6.61 Å². The van der Waals surface area contributed by atoms with Crippen LogP contribution in [0.4, 0.5) is 13.2 Å². The zero-order valence-electron chi connectivity index (χ0n) is 12.5. The predicted octanol–water partition coefficient (Wildman–Crippen LogP) is 2.81. The van der Waals surface area contributed by atoms with Crippen molar-refractivity contribution in [3.8, 4) is 5.75 Å². The van der Waals surface area contributed by atoms with Gasteiger partial charge in [0.25, 0.3) is 0 Å². The highest BCUT2D eigenvalue weighted by Crippen LogP contribution is 2.18. The van der Waals surface area contributed by atoms with Gasteiger partial charge in [-0.05, 0) is 37.1 Å². The van der Waals surface area contributed by atoms with Crippen molar-refractivity contribution in [1.29, 1.82) is 0 Å². The lowest BCUT2D eigenvalue weighted by molar-refractivity contribution is -0.153. The maximum atomic E-state index is 12.0. The van der Waals surface area contributed by atoms with Gasteiger partial charge in [-0.1, -0.05) is 12.1 Å². The summed E-state index contributed by atoms with van der Waals surface area (Å²) in [7, 11) is 0. The van der Waals surface area contributed by atoms with E-state index in [1.54, 1.807) is 12.1 Å². The van der Waals surface area contributed by atoms with Gasteiger partial charge in [-0.25, -0.2) is 0 Å². The Morgan fingerprint density at radius 1 is 1.30 bits per heavy atom. The fraction of sp³-hybridized carbons (Fsp3) is 0.533. The summed E-state index contributed by atoms with van der Waals surface area (Å²) in [4.78, 5) is 11.8. The van der Waals surface area contributed by atoms with Crippen molar-refractivity contribution in [2.75, 3.05) is 13.2 Å². The summed E-state index contributed by atoms with van der Waals surface area (Å²) in [6.45, 7) is -0.0000896. The second-order valence-corrected chi connectivity index (χ2v) is 5.32. The molecule has 1 aromatic carbocycles. The van der Waals surface area contributed by atoms with Crippen molar-refractivity contribution >= 4 is 18.3 Å². The Bertz CT molecular complexity index is 488. The molecular formula is C15H20ClF3N2O2. The molecule has 2 rings (SSSR count). The third kappa shape index (κ3) is 7.56. The molecule has 0 radical (unpaired) electrons. The summed E-state index contributed by atoms with van der Waals surface area (Å²) in [6, 6.07) is 6.45. The van der Waals surface area contributed by atoms with E-state index in [1.165, 1.54) is 12.1 Å². The van der Waals surface area contributed by atoms with E-state index in [-0.39, 0.29) is 30.1 Å². The molecule has 1 heterocycles. The number of amides is 1. The third-order valence-electron chi connectivity index (χ3n) is 3.41. The summed E-state index contributed by atoms with van der Waals surface area (Å²) < 4.78 is 40.7. The summed E-state index contributed by atoms with van der Waals surface area (Å²) in [6.07, 6.45) is -1.79. The van der Waals surface area contributed by atoms with Crippen LogP contribution in [0.5, 0.6) is 5.75 Å². The molecule has 1 unspecified atom stereocenters. The second kappa shape index (κ2) is 8.98. The summed E-state index contributed by atoms with van der Waals surface area (Å²) in [5, 5.41) is 6.05. The minimum absolute atomic E-state index is 0. The molecule has 1 aliphatic rings. The number of hydrogen-bond donors (Lipinski definition) is 2. The van der Waals surface area contributed by atoms with Crippen molar-refractivity contribution in [1.82, 2.24) is 10.6 Å². The molecule has 1 saturated heterocycles. The molecule has 1 aromatic rings. The van der Waals surface area contributed by atoms with Crippen molar-refractivity contribution in [2.24, 2.45) is 0 Å². The zero-order valence-corrected chi connectivity index (χ0v) is 13.3. The third-order valence-corrected chi connectivity index (χ3v) is 3.41. The first-order chi connectivity index (χ1) is 10.4. The van der Waals surface area contributed by atoms with Crippen molar-refractivity contribution in [3.05, 3.63) is 29.8 Å². The van der Waals surface area contributed by atoms with Gasteiger partial charge in [0.2, 0.25) is 5.91 Å². The van der Waals surface area contributed by atoms with E-state index in [4.69, 9.17) is 0 Å². The Morgan fingerprint density at radius 3 is 2.57 bits per heavy atom. The Kier molecular flexibility index (Phi) is 7.64. The molecule has 1 fully saturated rings. The average molecular weight is 353 g/mol. The predicted molar refractivity (Wildman–Crippen MR) is 82.7 cm³/mol. The van der Waals surface area contributed by atoms with E-state index >= 15 is 0 Å². The van der Waals surface area contributed by atoms with Crippen LogP contribution in [-0.4, -0.2) is 31.3 Å². The molecule has 0 spiro atoms. The van der Waals surface area contributed by atoms with Gasteiger partial charge in [0, 0.05) is 19.0 Å². The molecular weight excluding hydrogens is 333 g/mol. The molecule has 0 saturated carbocycles. The van der Waals surface area contributed by atoms with Crippen LogP contribution >= 0.6 is 12.4 Å². The number of carbonyl (C=O) groups is 1. The van der Waals surface area contributed by atoms with Crippen molar-refractivity contribution in [3.63, 3.8) is 0 Å². The number of hydrogen-bond acceptors (Lipinski definition) is 3. The molecule has 8 heteroatoms. The van der Waals surface area contributed by atoms with Gasteiger partial charge in [-0.2, -0.15) is 13.2 Å². The highest BCUT2D eigenvalue weighted by atomic mass is 35.5. The molecule has 1 amide bonds. The van der Waals surface area contributed by atoms with Gasteiger partial charge in [0.1, 0.15) is 5.75 Å². The number of ether oxygens (including phenoxy) is 1. The average Bonchev–Trinajstić information content (AvgIpc) is 2.96. The minimum atomic E-state index is -4.35. The van der Waals surface area contributed by atoms with Crippen LogP contribution < -0.4 is 15.4 Å². The van der Waals surface area contributed by atoms with Gasteiger partial charge >= 0.3 is 6.18 Å². The van der Waals surface area contributed by atoms with Crippen molar-refractivity contribution < 1.29 is 22.7 Å². The minimum Gasteiger partial charge on any atom is -0.484 e. The van der Waals surface area contributed by atoms with E-state index in [0.717, 1.165) is 24.9 Å². The summed E-state index contributed by atoms with van der Waals surface area (Å²) >= 11 is 0. The lowest BCUT2D eigenvalue weighted by Gasteiger charge is -2.11. The number of rotatable bonds is 6. The Morgan fingerprint density at radius 2 is 2.00 bits per heavy atom. The van der Waals surface area contributed by atoms with Crippen LogP contribution in [0.1, 0.15) is 24.8 Å². The Labute approximate surface area is 139 Å². The van der Waals surface area contributed by atoms with Crippen LogP contribution in [0, 0.1) is 0 Å². The van der Waals surface area contributed by atoms with Gasteiger partial charge in [-0.15, -0.1) is 12.4 Å². The number of carbonyl (C=O) groups excluding carboxylic acids is 1. The molecule has 23 heavy (non-hydrogen) atoms. The van der Waals surface area contributed by atoms with Crippen LogP contribution in [0.3, 0.4) is 0 Å². The number of nitrogens with one attached hydrogen (secondary N) is 2. The molecule has 0 aromatic heterocycles. The number of halogens is 4. The van der Waals surface area contributed by atoms with Crippen LogP contribution in [-0.2, 0) is 11.3 Å². The smallest absolute Gasteiger partial charge is 0.422 e. The second-order valence-electron chi connectivity index (χ2n) is 5.32. The topological polar surface area (TPSA) is 50.4 Å². The number of benzene rings is 1. The number of alkyl halides is 3. The normalized spacial score (nSPS) is 17.4. The van der Waals surface area contributed by atoms with Crippen molar-refractivity contribution in [2.45, 2.75) is 38.0 Å². The monoisotopic (exact) mass is 352 g/mol. The molecule has 0 bridgehead atoms. The first-order valence-corrected chi connectivity index (χ1v) is 7.21. The lowest BCUT2D eigenvalue weighted by Crippen LogP contribution is -2.31.